The summed E-state index contributed by atoms with van der Waals surface area (Å²) < 4.78 is 11.0. The van der Waals surface area contributed by atoms with E-state index >= 15 is 0 Å². The van der Waals surface area contributed by atoms with Gasteiger partial charge in [0.15, 0.2) is 5.96 Å². The number of ether oxygens (including phenoxy) is 2. The molecule has 5 nitrogen and oxygen atoms in total. The van der Waals surface area contributed by atoms with Gasteiger partial charge in [-0.2, -0.15) is 0 Å². The lowest BCUT2D eigenvalue weighted by atomic mass is 10.1. The smallest absolute Gasteiger partial charge is 0.191 e. The molecule has 0 aliphatic carbocycles. The van der Waals surface area contributed by atoms with Crippen molar-refractivity contribution in [3.63, 3.8) is 0 Å². The molecule has 1 aromatic carbocycles. The van der Waals surface area contributed by atoms with Gasteiger partial charge in [-0.05, 0) is 30.5 Å². The van der Waals surface area contributed by atoms with Crippen LogP contribution in [0, 0.1) is 5.92 Å². The predicted octanol–water partition coefficient (Wildman–Crippen LogP) is 3.10. The second-order valence-corrected chi connectivity index (χ2v) is 6.59. The molecule has 1 unspecified atom stereocenters. The molecule has 1 atom stereocenters. The highest BCUT2D eigenvalue weighted by Gasteiger charge is 2.15. The van der Waals surface area contributed by atoms with Crippen LogP contribution in [0.4, 0.5) is 0 Å². The maximum atomic E-state index is 6.16. The van der Waals surface area contributed by atoms with Crippen LogP contribution in [0.1, 0.15) is 18.4 Å². The molecule has 1 aromatic rings. The third kappa shape index (κ3) is 6.85. The molecular weight excluding hydrogens is 349 g/mol. The Morgan fingerprint density at radius 2 is 2.25 bits per heavy atom. The predicted molar refractivity (Wildman–Crippen MR) is 99.0 cm³/mol. The molecule has 1 saturated heterocycles. The van der Waals surface area contributed by atoms with Gasteiger partial charge in [0.1, 0.15) is 0 Å². The zero-order valence-electron chi connectivity index (χ0n) is 14.0. The first-order valence-corrected chi connectivity index (χ1v) is 8.98. The van der Waals surface area contributed by atoms with Crippen LogP contribution >= 0.6 is 23.2 Å². The number of halogens is 2. The van der Waals surface area contributed by atoms with Crippen LogP contribution in [0.3, 0.4) is 0 Å². The van der Waals surface area contributed by atoms with Crippen molar-refractivity contribution in [2.75, 3.05) is 40.0 Å². The fourth-order valence-corrected chi connectivity index (χ4v) is 2.89. The molecule has 2 N–H and O–H groups in total. The third-order valence-corrected chi connectivity index (χ3v) is 4.41. The molecule has 0 radical (unpaired) electrons. The number of nitrogens with one attached hydrogen (secondary N) is 2. The minimum absolute atomic E-state index is 0.566. The molecule has 0 aromatic heterocycles. The quantitative estimate of drug-likeness (QED) is 0.417. The molecule has 0 spiro atoms. The lowest BCUT2D eigenvalue weighted by molar-refractivity contribution is 0.0888. The van der Waals surface area contributed by atoms with E-state index in [1.54, 1.807) is 13.1 Å². The van der Waals surface area contributed by atoms with Crippen molar-refractivity contribution in [3.8, 4) is 0 Å². The fraction of sp³-hybridized carbons (Fsp3) is 0.588. The molecular formula is C17H25Cl2N3O2. The molecule has 7 heteroatoms. The maximum Gasteiger partial charge on any atom is 0.191 e. The number of nitrogens with zero attached hydrogens (tertiary/aromatic N) is 1. The molecule has 1 aliphatic rings. The number of benzene rings is 1. The van der Waals surface area contributed by atoms with Crippen molar-refractivity contribution in [1.82, 2.24) is 10.6 Å². The van der Waals surface area contributed by atoms with Crippen LogP contribution in [0.25, 0.3) is 0 Å². The summed E-state index contributed by atoms with van der Waals surface area (Å²) in [5, 5.41) is 7.78. The van der Waals surface area contributed by atoms with Crippen LogP contribution in [-0.4, -0.2) is 46.0 Å². The average molecular weight is 374 g/mol. The largest absolute Gasteiger partial charge is 0.381 e. The number of rotatable bonds is 8. The van der Waals surface area contributed by atoms with E-state index in [1.807, 2.05) is 12.1 Å². The first-order chi connectivity index (χ1) is 11.7. The van der Waals surface area contributed by atoms with Gasteiger partial charge in [0.05, 0.1) is 13.2 Å². The van der Waals surface area contributed by atoms with Crippen molar-refractivity contribution < 1.29 is 9.47 Å². The van der Waals surface area contributed by atoms with Gasteiger partial charge in [-0.25, -0.2) is 0 Å². The van der Waals surface area contributed by atoms with Gasteiger partial charge in [-0.1, -0.05) is 29.3 Å². The Morgan fingerprint density at radius 3 is 2.96 bits per heavy atom. The lowest BCUT2D eigenvalue weighted by Crippen LogP contribution is -2.37. The van der Waals surface area contributed by atoms with Gasteiger partial charge >= 0.3 is 0 Å². The molecule has 1 heterocycles. The molecule has 0 saturated carbocycles. The normalized spacial score (nSPS) is 18.0. The van der Waals surface area contributed by atoms with E-state index in [9.17, 15) is 0 Å². The van der Waals surface area contributed by atoms with E-state index in [-0.39, 0.29) is 0 Å². The van der Waals surface area contributed by atoms with Crippen LogP contribution in [0.15, 0.2) is 23.2 Å². The Labute approximate surface area is 153 Å². The minimum atomic E-state index is 0.566. The van der Waals surface area contributed by atoms with Crippen molar-refractivity contribution in [2.45, 2.75) is 19.4 Å². The van der Waals surface area contributed by atoms with Crippen molar-refractivity contribution >= 4 is 29.2 Å². The highest BCUT2D eigenvalue weighted by Crippen LogP contribution is 2.20. The van der Waals surface area contributed by atoms with E-state index in [0.717, 1.165) is 57.3 Å². The molecule has 24 heavy (non-hydrogen) atoms. The van der Waals surface area contributed by atoms with Crippen LogP contribution in [0.5, 0.6) is 0 Å². The zero-order chi connectivity index (χ0) is 17.2. The number of hydrogen-bond donors (Lipinski definition) is 2. The standard InChI is InChI=1S/C17H25Cl2N3O2/c1-20-17(22-10-14-3-4-15(18)9-16(14)19)21-6-2-7-23-11-13-5-8-24-12-13/h3-4,9,13H,2,5-8,10-12H2,1H3,(H2,20,21,22). The van der Waals surface area contributed by atoms with Gasteiger partial charge in [0.2, 0.25) is 0 Å². The summed E-state index contributed by atoms with van der Waals surface area (Å²) in [4.78, 5) is 4.20. The minimum Gasteiger partial charge on any atom is -0.381 e. The topological polar surface area (TPSA) is 54.9 Å². The van der Waals surface area contributed by atoms with E-state index in [1.165, 1.54) is 0 Å². The van der Waals surface area contributed by atoms with E-state index in [4.69, 9.17) is 32.7 Å². The van der Waals surface area contributed by atoms with Crippen molar-refractivity contribution in [3.05, 3.63) is 33.8 Å². The van der Waals surface area contributed by atoms with E-state index < -0.39 is 0 Å². The summed E-state index contributed by atoms with van der Waals surface area (Å²) in [6.45, 7) is 4.63. The summed E-state index contributed by atoms with van der Waals surface area (Å²) in [5.41, 5.74) is 0.978. The Hall–Kier alpha value is -1.01. The first kappa shape index (κ1) is 19.3. The summed E-state index contributed by atoms with van der Waals surface area (Å²) in [6.07, 6.45) is 2.04. The Kier molecular flexibility index (Phi) is 8.67. The molecule has 0 amide bonds. The lowest BCUT2D eigenvalue weighted by Gasteiger charge is -2.13. The van der Waals surface area contributed by atoms with Crippen LogP contribution in [-0.2, 0) is 16.0 Å². The van der Waals surface area contributed by atoms with E-state index in [2.05, 4.69) is 15.6 Å². The molecule has 0 bridgehead atoms. The summed E-state index contributed by atoms with van der Waals surface area (Å²) in [5.74, 6) is 1.31. The highest BCUT2D eigenvalue weighted by atomic mass is 35.5. The van der Waals surface area contributed by atoms with Gasteiger partial charge in [0, 0.05) is 49.3 Å². The van der Waals surface area contributed by atoms with Crippen molar-refractivity contribution in [2.24, 2.45) is 10.9 Å². The van der Waals surface area contributed by atoms with Gasteiger partial charge < -0.3 is 20.1 Å². The second kappa shape index (κ2) is 10.8. The Bertz CT molecular complexity index is 535. The fourth-order valence-electron chi connectivity index (χ4n) is 2.41. The molecule has 1 fully saturated rings. The summed E-state index contributed by atoms with van der Waals surface area (Å²) in [6, 6.07) is 5.47. The molecule has 134 valence electrons. The van der Waals surface area contributed by atoms with E-state index in [0.29, 0.717) is 22.5 Å². The number of aliphatic imine (C=N–C) groups is 1. The van der Waals surface area contributed by atoms with Gasteiger partial charge in [-0.15, -0.1) is 0 Å². The highest BCUT2D eigenvalue weighted by molar-refractivity contribution is 6.35. The van der Waals surface area contributed by atoms with Crippen LogP contribution in [0.2, 0.25) is 10.0 Å². The van der Waals surface area contributed by atoms with Crippen LogP contribution < -0.4 is 10.6 Å². The average Bonchev–Trinajstić information content (AvgIpc) is 3.08. The zero-order valence-corrected chi connectivity index (χ0v) is 15.5. The first-order valence-electron chi connectivity index (χ1n) is 8.23. The SMILES string of the molecule is CN=C(NCCCOCC1CCOC1)NCc1ccc(Cl)cc1Cl. The van der Waals surface area contributed by atoms with Crippen molar-refractivity contribution in [1.29, 1.82) is 0 Å². The molecule has 1 aliphatic heterocycles. The number of hydrogen-bond acceptors (Lipinski definition) is 3. The summed E-state index contributed by atoms with van der Waals surface area (Å²) >= 11 is 12.1. The van der Waals surface area contributed by atoms with Gasteiger partial charge in [0.25, 0.3) is 0 Å². The summed E-state index contributed by atoms with van der Waals surface area (Å²) in [7, 11) is 1.75. The monoisotopic (exact) mass is 373 g/mol. The Morgan fingerprint density at radius 1 is 1.38 bits per heavy atom. The third-order valence-electron chi connectivity index (χ3n) is 3.82. The van der Waals surface area contributed by atoms with Gasteiger partial charge in [-0.3, -0.25) is 4.99 Å². The molecule has 2 rings (SSSR count). The maximum absolute atomic E-state index is 6.16. The number of guanidine groups is 1. The second-order valence-electron chi connectivity index (χ2n) is 5.75. The Balaban J connectivity index is 1.58.